The summed E-state index contributed by atoms with van der Waals surface area (Å²) in [6.07, 6.45) is 6.49. The Kier molecular flexibility index (Phi) is 5.52. The first-order chi connectivity index (χ1) is 13.5. The van der Waals surface area contributed by atoms with Gasteiger partial charge < -0.3 is 4.90 Å². The molecule has 5 nitrogen and oxygen atoms in total. The number of nitrogens with zero attached hydrogens (tertiary/aromatic N) is 4. The summed E-state index contributed by atoms with van der Waals surface area (Å²) >= 11 is 1.82. The molecule has 150 valence electrons. The van der Waals surface area contributed by atoms with Crippen molar-refractivity contribution < 1.29 is 4.79 Å². The number of hydrogen-bond acceptors (Lipinski definition) is 5. The molecule has 0 N–H and O–H groups in total. The van der Waals surface area contributed by atoms with Gasteiger partial charge in [-0.1, -0.05) is 26.8 Å². The van der Waals surface area contributed by atoms with Gasteiger partial charge in [-0.3, -0.25) is 14.7 Å². The number of carbonyl (C=O) groups excluding carboxylic acids is 1. The first-order valence-electron chi connectivity index (χ1n) is 10.4. The molecule has 2 aliphatic rings. The van der Waals surface area contributed by atoms with E-state index >= 15 is 0 Å². The van der Waals surface area contributed by atoms with Crippen LogP contribution in [0.2, 0.25) is 0 Å². The number of likely N-dealkylation sites (tertiary alicyclic amines) is 1. The molecule has 1 amide bonds. The van der Waals surface area contributed by atoms with E-state index in [1.165, 1.54) is 21.1 Å². The number of aromatic nitrogens is 2. The number of carbonyl (C=O) groups is 1. The molecule has 0 radical (unpaired) electrons. The highest BCUT2D eigenvalue weighted by molar-refractivity contribution is 7.11. The van der Waals surface area contributed by atoms with Gasteiger partial charge in [0.1, 0.15) is 0 Å². The Morgan fingerprint density at radius 1 is 1.32 bits per heavy atom. The summed E-state index contributed by atoms with van der Waals surface area (Å²) in [5.41, 5.74) is 2.58. The Morgan fingerprint density at radius 3 is 2.75 bits per heavy atom. The van der Waals surface area contributed by atoms with Crippen LogP contribution in [0.3, 0.4) is 0 Å². The SMILES string of the molecule is CCC(=O)N1Cc2sc(C(C)C)nc2C2(CCN(Cc3cccnc3)CC2)C1. The van der Waals surface area contributed by atoms with Crippen molar-refractivity contribution in [1.82, 2.24) is 19.8 Å². The second kappa shape index (κ2) is 7.91. The van der Waals surface area contributed by atoms with Crippen molar-refractivity contribution in [3.63, 3.8) is 0 Å². The molecule has 2 aliphatic heterocycles. The highest BCUT2D eigenvalue weighted by atomic mass is 32.1. The molecule has 1 saturated heterocycles. The van der Waals surface area contributed by atoms with Gasteiger partial charge in [0.05, 0.1) is 17.2 Å². The van der Waals surface area contributed by atoms with Crippen molar-refractivity contribution in [2.75, 3.05) is 19.6 Å². The third-order valence-corrected chi connectivity index (χ3v) is 7.48. The predicted octanol–water partition coefficient (Wildman–Crippen LogP) is 3.95. The Hall–Kier alpha value is -1.79. The zero-order valence-electron chi connectivity index (χ0n) is 17.1. The zero-order valence-corrected chi connectivity index (χ0v) is 18.0. The van der Waals surface area contributed by atoms with E-state index < -0.39 is 0 Å². The fraction of sp³-hybridized carbons (Fsp3) is 0.591. The molecule has 0 aliphatic carbocycles. The van der Waals surface area contributed by atoms with Gasteiger partial charge in [0, 0.05) is 48.1 Å². The van der Waals surface area contributed by atoms with Gasteiger partial charge in [0.2, 0.25) is 5.91 Å². The Bertz CT molecular complexity index is 824. The van der Waals surface area contributed by atoms with Crippen molar-refractivity contribution in [3.05, 3.63) is 45.7 Å². The number of amides is 1. The van der Waals surface area contributed by atoms with Gasteiger partial charge in [-0.15, -0.1) is 11.3 Å². The highest BCUT2D eigenvalue weighted by Gasteiger charge is 2.45. The average molecular weight is 399 g/mol. The van der Waals surface area contributed by atoms with E-state index in [1.54, 1.807) is 0 Å². The Balaban J connectivity index is 1.56. The van der Waals surface area contributed by atoms with Crippen LogP contribution in [-0.4, -0.2) is 45.3 Å². The molecule has 0 bridgehead atoms. The van der Waals surface area contributed by atoms with Gasteiger partial charge in [-0.25, -0.2) is 4.98 Å². The van der Waals surface area contributed by atoms with Crippen molar-refractivity contribution in [1.29, 1.82) is 0 Å². The molecule has 0 atom stereocenters. The maximum absolute atomic E-state index is 12.5. The quantitative estimate of drug-likeness (QED) is 0.782. The Labute approximate surface area is 171 Å². The van der Waals surface area contributed by atoms with E-state index in [0.717, 1.165) is 45.6 Å². The van der Waals surface area contributed by atoms with Crippen molar-refractivity contribution in [2.24, 2.45) is 0 Å². The number of piperidine rings is 1. The molecule has 1 fully saturated rings. The number of thiazole rings is 1. The molecular weight excluding hydrogens is 368 g/mol. The van der Waals surface area contributed by atoms with Gasteiger partial charge in [0.15, 0.2) is 0 Å². The topological polar surface area (TPSA) is 49.3 Å². The second-order valence-corrected chi connectivity index (χ2v) is 9.61. The molecule has 0 unspecified atom stereocenters. The van der Waals surface area contributed by atoms with Crippen LogP contribution in [0.25, 0.3) is 0 Å². The minimum atomic E-state index is 0.0213. The molecule has 4 heterocycles. The van der Waals surface area contributed by atoms with Gasteiger partial charge >= 0.3 is 0 Å². The van der Waals surface area contributed by atoms with Crippen LogP contribution in [0.4, 0.5) is 0 Å². The summed E-state index contributed by atoms with van der Waals surface area (Å²) in [6, 6.07) is 4.15. The highest BCUT2D eigenvalue weighted by Crippen LogP contribution is 2.44. The van der Waals surface area contributed by atoms with Gasteiger partial charge in [-0.05, 0) is 37.6 Å². The maximum atomic E-state index is 12.5. The van der Waals surface area contributed by atoms with Crippen molar-refractivity contribution in [2.45, 2.75) is 64.5 Å². The summed E-state index contributed by atoms with van der Waals surface area (Å²) in [7, 11) is 0. The zero-order chi connectivity index (χ0) is 19.7. The standard InChI is InChI=1S/C22H30N4OS/c1-4-19(27)26-14-18-20(24-21(28-18)16(2)3)22(15-26)7-10-25(11-8-22)13-17-6-5-9-23-12-17/h5-6,9,12,16H,4,7-8,10-11,13-15H2,1-3H3. The lowest BCUT2D eigenvalue weighted by Crippen LogP contribution is -2.53. The van der Waals surface area contributed by atoms with E-state index in [-0.39, 0.29) is 11.3 Å². The van der Waals surface area contributed by atoms with Gasteiger partial charge in [-0.2, -0.15) is 0 Å². The number of pyridine rings is 1. The largest absolute Gasteiger partial charge is 0.337 e. The molecule has 4 rings (SSSR count). The van der Waals surface area contributed by atoms with E-state index in [9.17, 15) is 4.79 Å². The van der Waals surface area contributed by atoms with Crippen molar-refractivity contribution >= 4 is 17.2 Å². The first-order valence-corrected chi connectivity index (χ1v) is 11.2. The van der Waals surface area contributed by atoms with Crippen LogP contribution >= 0.6 is 11.3 Å². The van der Waals surface area contributed by atoms with Crippen LogP contribution < -0.4 is 0 Å². The molecule has 1 spiro atoms. The summed E-state index contributed by atoms with van der Waals surface area (Å²) in [5, 5.41) is 1.22. The molecular formula is C22H30N4OS. The first kappa shape index (κ1) is 19.5. The normalized spacial score (nSPS) is 19.2. The molecule has 28 heavy (non-hydrogen) atoms. The summed E-state index contributed by atoms with van der Waals surface area (Å²) in [5.74, 6) is 0.705. The fourth-order valence-corrected chi connectivity index (χ4v) is 5.70. The smallest absolute Gasteiger partial charge is 0.222 e. The lowest BCUT2D eigenvalue weighted by Gasteiger charge is -2.46. The molecule has 0 saturated carbocycles. The minimum absolute atomic E-state index is 0.0213. The van der Waals surface area contributed by atoms with Gasteiger partial charge in [0.25, 0.3) is 0 Å². The lowest BCUT2D eigenvalue weighted by molar-refractivity contribution is -0.133. The molecule has 2 aromatic rings. The van der Waals surface area contributed by atoms with Crippen LogP contribution in [0, 0.1) is 0 Å². The maximum Gasteiger partial charge on any atom is 0.222 e. The lowest BCUT2D eigenvalue weighted by atomic mass is 9.73. The Morgan fingerprint density at radius 2 is 2.11 bits per heavy atom. The molecule has 6 heteroatoms. The average Bonchev–Trinajstić information content (AvgIpc) is 3.16. The van der Waals surface area contributed by atoms with E-state index in [2.05, 4.69) is 34.7 Å². The van der Waals surface area contributed by atoms with Crippen LogP contribution in [0.15, 0.2) is 24.5 Å². The summed E-state index contributed by atoms with van der Waals surface area (Å²) < 4.78 is 0. The van der Waals surface area contributed by atoms with Crippen molar-refractivity contribution in [3.8, 4) is 0 Å². The second-order valence-electron chi connectivity index (χ2n) is 8.50. The predicted molar refractivity (Wildman–Crippen MR) is 112 cm³/mol. The number of fused-ring (bicyclic) bond motifs is 2. The minimum Gasteiger partial charge on any atom is -0.337 e. The van der Waals surface area contributed by atoms with Crippen LogP contribution in [-0.2, 0) is 23.3 Å². The molecule has 0 aromatic carbocycles. The van der Waals surface area contributed by atoms with E-state index in [0.29, 0.717) is 12.3 Å². The van der Waals surface area contributed by atoms with E-state index in [4.69, 9.17) is 4.98 Å². The van der Waals surface area contributed by atoms with E-state index in [1.807, 2.05) is 36.7 Å². The summed E-state index contributed by atoms with van der Waals surface area (Å²) in [6.45, 7) is 11.0. The van der Waals surface area contributed by atoms with Crippen LogP contribution in [0.1, 0.15) is 67.1 Å². The van der Waals surface area contributed by atoms with Crippen LogP contribution in [0.5, 0.6) is 0 Å². The number of rotatable bonds is 4. The fourth-order valence-electron chi connectivity index (χ4n) is 4.49. The monoisotopic (exact) mass is 398 g/mol. The molecule has 2 aromatic heterocycles. The number of hydrogen-bond donors (Lipinski definition) is 0. The summed E-state index contributed by atoms with van der Waals surface area (Å²) in [4.78, 5) is 27.8. The third kappa shape index (κ3) is 3.72. The third-order valence-electron chi connectivity index (χ3n) is 6.14.